The number of guanidine groups is 1. The van der Waals surface area contributed by atoms with Gasteiger partial charge in [-0.05, 0) is 44.0 Å². The first kappa shape index (κ1) is 16.5. The van der Waals surface area contributed by atoms with E-state index in [0.29, 0.717) is 19.2 Å². The molecule has 0 bridgehead atoms. The summed E-state index contributed by atoms with van der Waals surface area (Å²) in [5, 5.41) is 6.79. The van der Waals surface area contributed by atoms with Crippen LogP contribution in [0.15, 0.2) is 29.3 Å². The van der Waals surface area contributed by atoms with Gasteiger partial charge in [0, 0.05) is 12.6 Å². The van der Waals surface area contributed by atoms with Crippen LogP contribution < -0.4 is 20.1 Å². The van der Waals surface area contributed by atoms with Crippen molar-refractivity contribution in [3.8, 4) is 11.5 Å². The molecule has 0 spiro atoms. The molecule has 0 saturated heterocycles. The zero-order valence-electron chi connectivity index (χ0n) is 13.6. The molecule has 0 radical (unpaired) electrons. The number of hydrogen-bond acceptors (Lipinski definition) is 3. The predicted molar refractivity (Wildman–Crippen MR) is 89.9 cm³/mol. The Morgan fingerprint density at radius 2 is 1.86 bits per heavy atom. The number of nitrogens with zero attached hydrogens (tertiary/aromatic N) is 1. The third-order valence-electron chi connectivity index (χ3n) is 3.73. The van der Waals surface area contributed by atoms with E-state index >= 15 is 0 Å². The highest BCUT2D eigenvalue weighted by atomic mass is 16.5. The summed E-state index contributed by atoms with van der Waals surface area (Å²) in [4.78, 5) is 4.57. The second kappa shape index (κ2) is 9.18. The molecule has 1 aromatic rings. The highest BCUT2D eigenvalue weighted by Gasteiger charge is 2.15. The minimum absolute atomic E-state index is 0.563. The standard InChI is InChI=1S/C17H27N3O2/c1-3-18-17(20-14-6-4-5-7-14)19-12-13-22-16-10-8-15(21-2)9-11-16/h8-11,14H,3-7,12-13H2,1-2H3,(H2,18,19,20). The number of rotatable bonds is 7. The van der Waals surface area contributed by atoms with Crippen LogP contribution in [0.4, 0.5) is 0 Å². The van der Waals surface area contributed by atoms with Gasteiger partial charge in [0.25, 0.3) is 0 Å². The van der Waals surface area contributed by atoms with E-state index in [2.05, 4.69) is 22.5 Å². The van der Waals surface area contributed by atoms with Crippen LogP contribution in [0.5, 0.6) is 11.5 Å². The number of nitrogens with one attached hydrogen (secondary N) is 2. The number of benzene rings is 1. The summed E-state index contributed by atoms with van der Waals surface area (Å²) in [6.45, 7) is 4.15. The lowest BCUT2D eigenvalue weighted by molar-refractivity contribution is 0.327. The summed E-state index contributed by atoms with van der Waals surface area (Å²) in [5.41, 5.74) is 0. The van der Waals surface area contributed by atoms with Crippen molar-refractivity contribution in [2.45, 2.75) is 38.6 Å². The first-order valence-corrected chi connectivity index (χ1v) is 8.13. The highest BCUT2D eigenvalue weighted by molar-refractivity contribution is 5.80. The van der Waals surface area contributed by atoms with Crippen LogP contribution >= 0.6 is 0 Å². The van der Waals surface area contributed by atoms with Crippen LogP contribution in [0.25, 0.3) is 0 Å². The zero-order chi connectivity index (χ0) is 15.6. The first-order valence-electron chi connectivity index (χ1n) is 8.13. The van der Waals surface area contributed by atoms with Crippen molar-refractivity contribution in [2.24, 2.45) is 4.99 Å². The number of ether oxygens (including phenoxy) is 2. The lowest BCUT2D eigenvalue weighted by Crippen LogP contribution is -2.42. The van der Waals surface area contributed by atoms with Gasteiger partial charge >= 0.3 is 0 Å². The molecule has 1 aliphatic rings. The molecule has 1 fully saturated rings. The van der Waals surface area contributed by atoms with Gasteiger partial charge in [0.2, 0.25) is 0 Å². The molecule has 22 heavy (non-hydrogen) atoms. The molecule has 5 heteroatoms. The van der Waals surface area contributed by atoms with E-state index in [1.165, 1.54) is 25.7 Å². The summed E-state index contributed by atoms with van der Waals surface area (Å²) in [6, 6.07) is 8.17. The second-order valence-electron chi connectivity index (χ2n) is 5.41. The van der Waals surface area contributed by atoms with Crippen molar-refractivity contribution >= 4 is 5.96 Å². The molecular formula is C17H27N3O2. The number of methoxy groups -OCH3 is 1. The fourth-order valence-electron chi connectivity index (χ4n) is 2.58. The molecule has 2 rings (SSSR count). The van der Waals surface area contributed by atoms with Crippen molar-refractivity contribution in [3.63, 3.8) is 0 Å². The molecule has 1 aromatic carbocycles. The normalized spacial score (nSPS) is 15.6. The van der Waals surface area contributed by atoms with Crippen LogP contribution in [0.2, 0.25) is 0 Å². The van der Waals surface area contributed by atoms with Crippen LogP contribution in [0, 0.1) is 0 Å². The van der Waals surface area contributed by atoms with Crippen molar-refractivity contribution in [3.05, 3.63) is 24.3 Å². The number of hydrogen-bond donors (Lipinski definition) is 2. The maximum atomic E-state index is 5.69. The first-order chi connectivity index (χ1) is 10.8. The summed E-state index contributed by atoms with van der Waals surface area (Å²) in [7, 11) is 1.66. The molecule has 0 amide bonds. The van der Waals surface area contributed by atoms with Gasteiger partial charge in [0.1, 0.15) is 18.1 Å². The third kappa shape index (κ3) is 5.47. The lowest BCUT2D eigenvalue weighted by Gasteiger charge is -2.16. The van der Waals surface area contributed by atoms with Gasteiger partial charge in [-0.1, -0.05) is 12.8 Å². The van der Waals surface area contributed by atoms with Crippen molar-refractivity contribution in [2.75, 3.05) is 26.8 Å². The van der Waals surface area contributed by atoms with Crippen LogP contribution in [-0.2, 0) is 0 Å². The molecule has 2 N–H and O–H groups in total. The largest absolute Gasteiger partial charge is 0.497 e. The van der Waals surface area contributed by atoms with E-state index in [1.807, 2.05) is 24.3 Å². The fraction of sp³-hybridized carbons (Fsp3) is 0.588. The molecule has 0 unspecified atom stereocenters. The van der Waals surface area contributed by atoms with Gasteiger partial charge in [0.15, 0.2) is 5.96 Å². The molecular weight excluding hydrogens is 278 g/mol. The SMILES string of the molecule is CCNC(=NCCOc1ccc(OC)cc1)NC1CCCC1. The molecule has 122 valence electrons. The van der Waals surface area contributed by atoms with Gasteiger partial charge in [0.05, 0.1) is 13.7 Å². The Balaban J connectivity index is 1.74. The van der Waals surface area contributed by atoms with Crippen molar-refractivity contribution in [1.29, 1.82) is 0 Å². The Bertz CT molecular complexity index is 453. The second-order valence-corrected chi connectivity index (χ2v) is 5.41. The average Bonchev–Trinajstić information content (AvgIpc) is 3.05. The smallest absolute Gasteiger partial charge is 0.191 e. The summed E-state index contributed by atoms with van der Waals surface area (Å²) in [6.07, 6.45) is 5.12. The summed E-state index contributed by atoms with van der Waals surface area (Å²) in [5.74, 6) is 2.57. The van der Waals surface area contributed by atoms with Gasteiger partial charge in [-0.25, -0.2) is 4.99 Å². The lowest BCUT2D eigenvalue weighted by atomic mass is 10.2. The summed E-state index contributed by atoms with van der Waals surface area (Å²) < 4.78 is 10.8. The Kier molecular flexibility index (Phi) is 6.87. The van der Waals surface area contributed by atoms with Gasteiger partial charge in [-0.15, -0.1) is 0 Å². The highest BCUT2D eigenvalue weighted by Crippen LogP contribution is 2.18. The quantitative estimate of drug-likeness (QED) is 0.462. The molecule has 1 saturated carbocycles. The van der Waals surface area contributed by atoms with E-state index in [9.17, 15) is 0 Å². The molecule has 0 aliphatic heterocycles. The molecule has 0 heterocycles. The van der Waals surface area contributed by atoms with Gasteiger partial charge < -0.3 is 20.1 Å². The van der Waals surface area contributed by atoms with Crippen molar-refractivity contribution in [1.82, 2.24) is 10.6 Å². The Morgan fingerprint density at radius 1 is 1.18 bits per heavy atom. The van der Waals surface area contributed by atoms with Crippen LogP contribution in [-0.4, -0.2) is 38.8 Å². The van der Waals surface area contributed by atoms with E-state index in [4.69, 9.17) is 9.47 Å². The summed E-state index contributed by atoms with van der Waals surface area (Å²) >= 11 is 0. The molecule has 0 aromatic heterocycles. The average molecular weight is 305 g/mol. The number of aliphatic imine (C=N–C) groups is 1. The maximum Gasteiger partial charge on any atom is 0.191 e. The predicted octanol–water partition coefficient (Wildman–Crippen LogP) is 2.57. The van der Waals surface area contributed by atoms with Crippen LogP contribution in [0.3, 0.4) is 0 Å². The molecule has 1 aliphatic carbocycles. The zero-order valence-corrected chi connectivity index (χ0v) is 13.6. The molecule has 0 atom stereocenters. The third-order valence-corrected chi connectivity index (χ3v) is 3.73. The van der Waals surface area contributed by atoms with E-state index in [1.54, 1.807) is 7.11 Å². The van der Waals surface area contributed by atoms with Gasteiger partial charge in [-0.2, -0.15) is 0 Å². The topological polar surface area (TPSA) is 54.9 Å². The Hall–Kier alpha value is -1.91. The van der Waals surface area contributed by atoms with Gasteiger partial charge in [-0.3, -0.25) is 0 Å². The van der Waals surface area contributed by atoms with E-state index in [0.717, 1.165) is 24.0 Å². The van der Waals surface area contributed by atoms with Crippen molar-refractivity contribution < 1.29 is 9.47 Å². The monoisotopic (exact) mass is 305 g/mol. The Morgan fingerprint density at radius 3 is 2.50 bits per heavy atom. The molecule has 5 nitrogen and oxygen atoms in total. The van der Waals surface area contributed by atoms with E-state index in [-0.39, 0.29) is 0 Å². The minimum Gasteiger partial charge on any atom is -0.497 e. The minimum atomic E-state index is 0.563. The Labute approximate surface area is 133 Å². The van der Waals surface area contributed by atoms with E-state index < -0.39 is 0 Å². The maximum absolute atomic E-state index is 5.69. The fourth-order valence-corrected chi connectivity index (χ4v) is 2.58. The van der Waals surface area contributed by atoms with Crippen LogP contribution in [0.1, 0.15) is 32.6 Å².